The van der Waals surface area contributed by atoms with Gasteiger partial charge < -0.3 is 10.3 Å². The van der Waals surface area contributed by atoms with Gasteiger partial charge in [-0.1, -0.05) is 0 Å². The van der Waals surface area contributed by atoms with Crippen molar-refractivity contribution in [2.75, 3.05) is 5.32 Å². The van der Waals surface area contributed by atoms with E-state index in [0.717, 1.165) is 11.1 Å². The zero-order chi connectivity index (χ0) is 16.4. The summed E-state index contributed by atoms with van der Waals surface area (Å²) in [4.78, 5) is 30.7. The number of hydrogen-bond acceptors (Lipinski definition) is 4. The number of nitrogens with zero attached hydrogens (tertiary/aromatic N) is 1. The molecule has 7 heteroatoms. The Morgan fingerprint density at radius 1 is 1.39 bits per heavy atom. The zero-order valence-electron chi connectivity index (χ0n) is 12.4. The van der Waals surface area contributed by atoms with E-state index in [9.17, 15) is 14.0 Å². The number of pyridine rings is 1. The highest BCUT2D eigenvalue weighted by Crippen LogP contribution is 2.16. The van der Waals surface area contributed by atoms with E-state index >= 15 is 0 Å². The van der Waals surface area contributed by atoms with E-state index in [2.05, 4.69) is 15.3 Å². The molecule has 0 aliphatic heterocycles. The summed E-state index contributed by atoms with van der Waals surface area (Å²) in [5.41, 5.74) is 1.49. The lowest BCUT2D eigenvalue weighted by Gasteiger charge is -2.04. The van der Waals surface area contributed by atoms with E-state index < -0.39 is 5.82 Å². The third-order valence-corrected chi connectivity index (χ3v) is 4.25. The van der Waals surface area contributed by atoms with Gasteiger partial charge in [0.2, 0.25) is 5.91 Å². The van der Waals surface area contributed by atoms with Crippen LogP contribution in [0.3, 0.4) is 0 Å². The number of aromatic nitrogens is 2. The molecule has 1 aromatic carbocycles. The molecular formula is C16H14FN3O2S. The molecule has 2 aromatic heterocycles. The molecular weight excluding hydrogens is 317 g/mol. The average Bonchev–Trinajstić information content (AvgIpc) is 2.90. The van der Waals surface area contributed by atoms with Gasteiger partial charge >= 0.3 is 0 Å². The van der Waals surface area contributed by atoms with E-state index in [-0.39, 0.29) is 17.9 Å². The van der Waals surface area contributed by atoms with Crippen LogP contribution in [0.4, 0.5) is 9.52 Å². The third-order valence-electron chi connectivity index (χ3n) is 3.37. The zero-order valence-corrected chi connectivity index (χ0v) is 13.2. The molecule has 0 spiro atoms. The number of halogens is 1. The van der Waals surface area contributed by atoms with Crippen LogP contribution in [0.15, 0.2) is 34.4 Å². The smallest absolute Gasteiger partial charge is 0.251 e. The Hall–Kier alpha value is -2.54. The Morgan fingerprint density at radius 2 is 2.22 bits per heavy atom. The first kappa shape index (κ1) is 15.4. The summed E-state index contributed by atoms with van der Waals surface area (Å²) in [6.45, 7) is 1.85. The van der Waals surface area contributed by atoms with Gasteiger partial charge in [-0.2, -0.15) is 0 Å². The molecule has 0 unspecified atom stereocenters. The van der Waals surface area contributed by atoms with Gasteiger partial charge in [-0.25, -0.2) is 9.37 Å². The van der Waals surface area contributed by atoms with Crippen LogP contribution in [0, 0.1) is 12.7 Å². The van der Waals surface area contributed by atoms with Gasteiger partial charge in [0, 0.05) is 17.4 Å². The van der Waals surface area contributed by atoms with Gasteiger partial charge in [0.15, 0.2) is 5.13 Å². The number of rotatable bonds is 4. The van der Waals surface area contributed by atoms with Gasteiger partial charge in [-0.3, -0.25) is 9.59 Å². The molecule has 2 N–H and O–H groups in total. The Kier molecular flexibility index (Phi) is 4.20. The molecule has 0 fully saturated rings. The predicted octanol–water partition coefficient (Wildman–Crippen LogP) is 3.00. The second-order valence-corrected chi connectivity index (χ2v) is 6.06. The number of anilines is 1. The average molecular weight is 331 g/mol. The van der Waals surface area contributed by atoms with Crippen LogP contribution in [-0.4, -0.2) is 15.9 Å². The summed E-state index contributed by atoms with van der Waals surface area (Å²) in [7, 11) is 0. The number of H-pyrrole nitrogens is 1. The Bertz CT molecular complexity index is 932. The van der Waals surface area contributed by atoms with Crippen LogP contribution < -0.4 is 10.9 Å². The third kappa shape index (κ3) is 3.62. The molecule has 5 nitrogen and oxygen atoms in total. The summed E-state index contributed by atoms with van der Waals surface area (Å²) in [5, 5.41) is 5.84. The van der Waals surface area contributed by atoms with Crippen molar-refractivity contribution in [2.45, 2.75) is 19.8 Å². The van der Waals surface area contributed by atoms with Crippen molar-refractivity contribution in [2.24, 2.45) is 0 Å². The van der Waals surface area contributed by atoms with E-state index in [1.807, 2.05) is 12.3 Å². The minimum absolute atomic E-state index is 0.175. The first-order valence-electron chi connectivity index (χ1n) is 7.05. The monoisotopic (exact) mass is 331 g/mol. The van der Waals surface area contributed by atoms with Crippen molar-refractivity contribution in [3.05, 3.63) is 57.1 Å². The Labute approximate surface area is 135 Å². The maximum atomic E-state index is 13.2. The van der Waals surface area contributed by atoms with Crippen LogP contribution in [0.1, 0.15) is 17.7 Å². The molecule has 118 valence electrons. The van der Waals surface area contributed by atoms with Gasteiger partial charge in [-0.15, -0.1) is 11.3 Å². The molecule has 0 aliphatic rings. The molecule has 0 radical (unpaired) electrons. The number of fused-ring (bicyclic) bond motifs is 1. The molecule has 0 saturated heterocycles. The first-order chi connectivity index (χ1) is 11.0. The van der Waals surface area contributed by atoms with Crippen molar-refractivity contribution in [1.29, 1.82) is 0 Å². The molecule has 1 amide bonds. The number of hydrogen-bond donors (Lipinski definition) is 2. The molecule has 3 rings (SSSR count). The normalized spacial score (nSPS) is 10.9. The molecule has 2 heterocycles. The highest BCUT2D eigenvalue weighted by atomic mass is 32.1. The fourth-order valence-electron chi connectivity index (χ4n) is 2.25. The van der Waals surface area contributed by atoms with Crippen molar-refractivity contribution < 1.29 is 9.18 Å². The molecule has 0 aliphatic carbocycles. The Morgan fingerprint density at radius 3 is 2.96 bits per heavy atom. The van der Waals surface area contributed by atoms with Crippen LogP contribution in [0.5, 0.6) is 0 Å². The standard InChI is InChI=1S/C16H14FN3O2S/c1-9-8-23-16(18-9)20-14(21)5-3-11-6-10-2-4-12(17)7-13(10)19-15(11)22/h2,4,6-8H,3,5H2,1H3,(H,19,22)(H,18,20,21). The minimum atomic E-state index is -0.404. The summed E-state index contributed by atoms with van der Waals surface area (Å²) in [6.07, 6.45) is 0.479. The van der Waals surface area contributed by atoms with E-state index in [0.29, 0.717) is 22.6 Å². The lowest BCUT2D eigenvalue weighted by molar-refractivity contribution is -0.116. The van der Waals surface area contributed by atoms with E-state index in [4.69, 9.17) is 0 Å². The van der Waals surface area contributed by atoms with Crippen molar-refractivity contribution in [3.63, 3.8) is 0 Å². The fraction of sp³-hybridized carbons (Fsp3) is 0.188. The highest BCUT2D eigenvalue weighted by Gasteiger charge is 2.09. The van der Waals surface area contributed by atoms with Crippen LogP contribution in [0.25, 0.3) is 10.9 Å². The molecule has 0 saturated carbocycles. The molecule has 0 atom stereocenters. The number of carbonyl (C=O) groups excluding carboxylic acids is 1. The number of nitrogens with one attached hydrogen (secondary N) is 2. The number of carbonyl (C=O) groups is 1. The SMILES string of the molecule is Cc1csc(NC(=O)CCc2cc3ccc(F)cc3[nH]c2=O)n1. The largest absolute Gasteiger partial charge is 0.322 e. The topological polar surface area (TPSA) is 74.8 Å². The summed E-state index contributed by atoms with van der Waals surface area (Å²) in [6, 6.07) is 5.90. The maximum Gasteiger partial charge on any atom is 0.251 e. The van der Waals surface area contributed by atoms with Crippen molar-refractivity contribution >= 4 is 33.3 Å². The van der Waals surface area contributed by atoms with Crippen LogP contribution in [0.2, 0.25) is 0 Å². The highest BCUT2D eigenvalue weighted by molar-refractivity contribution is 7.13. The summed E-state index contributed by atoms with van der Waals surface area (Å²) < 4.78 is 13.2. The second kappa shape index (κ2) is 6.29. The van der Waals surface area contributed by atoms with Gasteiger partial charge in [-0.05, 0) is 43.0 Å². The molecule has 3 aromatic rings. The number of aromatic amines is 1. The van der Waals surface area contributed by atoms with Gasteiger partial charge in [0.1, 0.15) is 5.82 Å². The van der Waals surface area contributed by atoms with Gasteiger partial charge in [0.25, 0.3) is 5.56 Å². The predicted molar refractivity (Wildman–Crippen MR) is 88.3 cm³/mol. The second-order valence-electron chi connectivity index (χ2n) is 5.20. The molecule has 0 bridgehead atoms. The number of aryl methyl sites for hydroxylation is 2. The number of benzene rings is 1. The fourth-order valence-corrected chi connectivity index (χ4v) is 2.95. The summed E-state index contributed by atoms with van der Waals surface area (Å²) >= 11 is 1.36. The van der Waals surface area contributed by atoms with Crippen molar-refractivity contribution in [1.82, 2.24) is 9.97 Å². The quantitative estimate of drug-likeness (QED) is 0.772. The first-order valence-corrected chi connectivity index (χ1v) is 7.93. The molecule has 23 heavy (non-hydrogen) atoms. The van der Waals surface area contributed by atoms with E-state index in [1.165, 1.54) is 23.5 Å². The van der Waals surface area contributed by atoms with Crippen LogP contribution >= 0.6 is 11.3 Å². The van der Waals surface area contributed by atoms with Crippen molar-refractivity contribution in [3.8, 4) is 0 Å². The number of thiazole rings is 1. The lowest BCUT2D eigenvalue weighted by atomic mass is 10.1. The number of amides is 1. The summed E-state index contributed by atoms with van der Waals surface area (Å²) in [5.74, 6) is -0.600. The Balaban J connectivity index is 1.71. The lowest BCUT2D eigenvalue weighted by Crippen LogP contribution is -2.17. The minimum Gasteiger partial charge on any atom is -0.322 e. The van der Waals surface area contributed by atoms with E-state index in [1.54, 1.807) is 12.1 Å². The van der Waals surface area contributed by atoms with Crippen LogP contribution in [-0.2, 0) is 11.2 Å². The maximum absolute atomic E-state index is 13.2. The van der Waals surface area contributed by atoms with Gasteiger partial charge in [0.05, 0.1) is 11.2 Å².